The lowest BCUT2D eigenvalue weighted by Crippen LogP contribution is -2.14. The maximum absolute atomic E-state index is 12.1. The molecule has 0 saturated carbocycles. The molecule has 2 aromatic carbocycles. The van der Waals surface area contributed by atoms with E-state index in [1.807, 2.05) is 24.3 Å². The van der Waals surface area contributed by atoms with Crippen molar-refractivity contribution in [3.05, 3.63) is 54.4 Å². The summed E-state index contributed by atoms with van der Waals surface area (Å²) < 4.78 is 0. The third-order valence-corrected chi connectivity index (χ3v) is 2.89. The van der Waals surface area contributed by atoms with Crippen molar-refractivity contribution < 1.29 is 4.79 Å². The van der Waals surface area contributed by atoms with Crippen molar-refractivity contribution in [2.24, 2.45) is 0 Å². The lowest BCUT2D eigenvalue weighted by atomic mass is 10.0. The molecule has 19 heavy (non-hydrogen) atoms. The average molecular weight is 252 g/mol. The molecular formula is C14H12N4O. The van der Waals surface area contributed by atoms with E-state index in [1.54, 1.807) is 24.5 Å². The standard InChI is InChI=1S/C14H12N4O/c15-12-8-10-4-2-1-3-9(10)7-11(12)13(19)18-14-16-5-6-17-14/h1-8H,15H2,(H2,16,17,18,19). The van der Waals surface area contributed by atoms with E-state index in [9.17, 15) is 4.79 Å². The summed E-state index contributed by atoms with van der Waals surface area (Å²) in [6.07, 6.45) is 3.21. The summed E-state index contributed by atoms with van der Waals surface area (Å²) in [6, 6.07) is 11.3. The molecule has 0 aliphatic carbocycles. The maximum Gasteiger partial charge on any atom is 0.260 e. The molecule has 0 aliphatic rings. The zero-order valence-electron chi connectivity index (χ0n) is 10.1. The predicted octanol–water partition coefficient (Wildman–Crippen LogP) is 2.40. The summed E-state index contributed by atoms with van der Waals surface area (Å²) in [7, 11) is 0. The molecule has 0 bridgehead atoms. The van der Waals surface area contributed by atoms with E-state index in [4.69, 9.17) is 5.73 Å². The number of imidazole rings is 1. The SMILES string of the molecule is Nc1cc2ccccc2cc1C(=O)Nc1ncc[nH]1. The second kappa shape index (κ2) is 4.45. The number of amides is 1. The minimum absolute atomic E-state index is 0.279. The number of H-pyrrole nitrogens is 1. The van der Waals surface area contributed by atoms with E-state index in [-0.39, 0.29) is 5.91 Å². The van der Waals surface area contributed by atoms with E-state index in [2.05, 4.69) is 15.3 Å². The van der Waals surface area contributed by atoms with Crippen LogP contribution in [0.4, 0.5) is 11.6 Å². The fourth-order valence-electron chi connectivity index (χ4n) is 1.96. The van der Waals surface area contributed by atoms with Crippen LogP contribution in [0.2, 0.25) is 0 Å². The Hall–Kier alpha value is -2.82. The molecule has 1 aromatic heterocycles. The third kappa shape index (κ3) is 2.13. The molecule has 0 aliphatic heterocycles. The van der Waals surface area contributed by atoms with Gasteiger partial charge >= 0.3 is 0 Å². The highest BCUT2D eigenvalue weighted by molar-refractivity contribution is 6.09. The van der Waals surface area contributed by atoms with Crippen LogP contribution in [0.15, 0.2) is 48.8 Å². The van der Waals surface area contributed by atoms with Crippen LogP contribution in [0.25, 0.3) is 10.8 Å². The number of carbonyl (C=O) groups excluding carboxylic acids is 1. The first-order chi connectivity index (χ1) is 9.24. The number of carbonyl (C=O) groups is 1. The van der Waals surface area contributed by atoms with Gasteiger partial charge in [-0.3, -0.25) is 10.1 Å². The van der Waals surface area contributed by atoms with Gasteiger partial charge < -0.3 is 10.7 Å². The van der Waals surface area contributed by atoms with E-state index in [1.165, 1.54) is 0 Å². The number of aromatic amines is 1. The maximum atomic E-state index is 12.1. The summed E-state index contributed by atoms with van der Waals surface area (Å²) >= 11 is 0. The Kier molecular flexibility index (Phi) is 2.64. The molecule has 0 atom stereocenters. The normalized spacial score (nSPS) is 10.5. The van der Waals surface area contributed by atoms with Gasteiger partial charge in [-0.25, -0.2) is 4.98 Å². The minimum Gasteiger partial charge on any atom is -0.398 e. The molecule has 3 aromatic rings. The molecule has 3 rings (SSSR count). The molecule has 94 valence electrons. The van der Waals surface area contributed by atoms with Gasteiger partial charge in [0.1, 0.15) is 0 Å². The molecule has 1 amide bonds. The largest absolute Gasteiger partial charge is 0.398 e. The highest BCUT2D eigenvalue weighted by Gasteiger charge is 2.12. The van der Waals surface area contributed by atoms with E-state index in [0.29, 0.717) is 17.2 Å². The van der Waals surface area contributed by atoms with Gasteiger partial charge in [0.25, 0.3) is 5.91 Å². The molecule has 0 unspecified atom stereocenters. The smallest absolute Gasteiger partial charge is 0.260 e. The van der Waals surface area contributed by atoms with Crippen molar-refractivity contribution in [3.63, 3.8) is 0 Å². The number of nitrogens with zero attached hydrogens (tertiary/aromatic N) is 1. The molecular weight excluding hydrogens is 240 g/mol. The molecule has 0 spiro atoms. The number of nitrogens with two attached hydrogens (primary N) is 1. The number of nitrogens with one attached hydrogen (secondary N) is 2. The van der Waals surface area contributed by atoms with Crippen LogP contribution in [-0.2, 0) is 0 Å². The average Bonchev–Trinajstić information content (AvgIpc) is 2.90. The number of hydrogen-bond donors (Lipinski definition) is 3. The van der Waals surface area contributed by atoms with Crippen LogP contribution >= 0.6 is 0 Å². The fraction of sp³-hybridized carbons (Fsp3) is 0. The second-order valence-corrected chi connectivity index (χ2v) is 4.18. The molecule has 5 nitrogen and oxygen atoms in total. The third-order valence-electron chi connectivity index (χ3n) is 2.89. The summed E-state index contributed by atoms with van der Waals surface area (Å²) in [5.41, 5.74) is 6.81. The quantitative estimate of drug-likeness (QED) is 0.612. The lowest BCUT2D eigenvalue weighted by Gasteiger charge is -2.07. The number of rotatable bonds is 2. The van der Waals surface area contributed by atoms with Gasteiger partial charge in [-0.15, -0.1) is 0 Å². The monoisotopic (exact) mass is 252 g/mol. The Morgan fingerprint density at radius 1 is 1.21 bits per heavy atom. The summed E-state index contributed by atoms with van der Waals surface area (Å²) in [6.45, 7) is 0. The number of anilines is 2. The van der Waals surface area contributed by atoms with Gasteiger partial charge in [-0.1, -0.05) is 24.3 Å². The van der Waals surface area contributed by atoms with E-state index < -0.39 is 0 Å². The van der Waals surface area contributed by atoms with Crippen molar-refractivity contribution >= 4 is 28.3 Å². The Bertz CT molecular complexity index is 734. The summed E-state index contributed by atoms with van der Waals surface area (Å²) in [5.74, 6) is 0.121. The summed E-state index contributed by atoms with van der Waals surface area (Å²) in [4.78, 5) is 18.9. The summed E-state index contributed by atoms with van der Waals surface area (Å²) in [5, 5.41) is 4.64. The number of nitrogen functional groups attached to an aromatic ring is 1. The van der Waals surface area contributed by atoms with Crippen LogP contribution in [0, 0.1) is 0 Å². The van der Waals surface area contributed by atoms with Crippen LogP contribution in [-0.4, -0.2) is 15.9 Å². The topological polar surface area (TPSA) is 83.8 Å². The highest BCUT2D eigenvalue weighted by Crippen LogP contribution is 2.22. The van der Waals surface area contributed by atoms with Crippen molar-refractivity contribution in [3.8, 4) is 0 Å². The van der Waals surface area contributed by atoms with E-state index in [0.717, 1.165) is 10.8 Å². The van der Waals surface area contributed by atoms with E-state index >= 15 is 0 Å². The number of aromatic nitrogens is 2. The number of hydrogen-bond acceptors (Lipinski definition) is 3. The Morgan fingerprint density at radius 3 is 2.63 bits per heavy atom. The molecule has 4 N–H and O–H groups in total. The molecule has 0 fully saturated rings. The first-order valence-corrected chi connectivity index (χ1v) is 5.83. The Balaban J connectivity index is 1.99. The van der Waals surface area contributed by atoms with Gasteiger partial charge in [-0.05, 0) is 22.9 Å². The first-order valence-electron chi connectivity index (χ1n) is 5.83. The number of benzene rings is 2. The first kappa shape index (κ1) is 11.3. The van der Waals surface area contributed by atoms with Gasteiger partial charge in [0, 0.05) is 18.1 Å². The lowest BCUT2D eigenvalue weighted by molar-refractivity contribution is 0.102. The van der Waals surface area contributed by atoms with Crippen LogP contribution in [0.1, 0.15) is 10.4 Å². The fourth-order valence-corrected chi connectivity index (χ4v) is 1.96. The molecule has 0 radical (unpaired) electrons. The Morgan fingerprint density at radius 2 is 1.95 bits per heavy atom. The molecule has 5 heteroatoms. The minimum atomic E-state index is -0.279. The van der Waals surface area contributed by atoms with Gasteiger partial charge in [0.2, 0.25) is 5.95 Å². The van der Waals surface area contributed by atoms with Gasteiger partial charge in [0.05, 0.1) is 5.56 Å². The zero-order chi connectivity index (χ0) is 13.2. The highest BCUT2D eigenvalue weighted by atomic mass is 16.1. The van der Waals surface area contributed by atoms with Crippen LogP contribution < -0.4 is 11.1 Å². The molecule has 1 heterocycles. The van der Waals surface area contributed by atoms with Crippen LogP contribution in [0.3, 0.4) is 0 Å². The van der Waals surface area contributed by atoms with Crippen LogP contribution in [0.5, 0.6) is 0 Å². The zero-order valence-corrected chi connectivity index (χ0v) is 10.1. The van der Waals surface area contributed by atoms with Gasteiger partial charge in [-0.2, -0.15) is 0 Å². The van der Waals surface area contributed by atoms with Crippen molar-refractivity contribution in [2.75, 3.05) is 11.1 Å². The molecule has 0 saturated heterocycles. The van der Waals surface area contributed by atoms with Gasteiger partial charge in [0.15, 0.2) is 0 Å². The second-order valence-electron chi connectivity index (χ2n) is 4.18. The number of fused-ring (bicyclic) bond motifs is 1. The van der Waals surface area contributed by atoms with Crippen molar-refractivity contribution in [2.45, 2.75) is 0 Å². The predicted molar refractivity (Wildman–Crippen MR) is 74.9 cm³/mol. The Labute approximate surface area is 109 Å². The van der Waals surface area contributed by atoms with Crippen molar-refractivity contribution in [1.29, 1.82) is 0 Å². The van der Waals surface area contributed by atoms with Crippen molar-refractivity contribution in [1.82, 2.24) is 9.97 Å².